The Labute approximate surface area is 114 Å². The van der Waals surface area contributed by atoms with Crippen LogP contribution in [0.4, 0.5) is 0 Å². The molecule has 104 valence electrons. The molecule has 4 nitrogen and oxygen atoms in total. The van der Waals surface area contributed by atoms with Crippen LogP contribution in [0, 0.1) is 5.92 Å². The highest BCUT2D eigenvalue weighted by molar-refractivity contribution is 5.74. The summed E-state index contributed by atoms with van der Waals surface area (Å²) in [5.41, 5.74) is 6.78. The van der Waals surface area contributed by atoms with Gasteiger partial charge in [0.25, 0.3) is 0 Å². The van der Waals surface area contributed by atoms with Gasteiger partial charge >= 0.3 is 0 Å². The number of hydrogen-bond donors (Lipinski definition) is 1. The topological polar surface area (TPSA) is 55.6 Å². The average molecular weight is 262 g/mol. The summed E-state index contributed by atoms with van der Waals surface area (Å²) in [5.74, 6) is 1.47. The molecular formula is C15H22N2O2. The van der Waals surface area contributed by atoms with Gasteiger partial charge in [0, 0.05) is 13.5 Å². The third-order valence-corrected chi connectivity index (χ3v) is 3.85. The van der Waals surface area contributed by atoms with Crippen molar-refractivity contribution in [3.05, 3.63) is 29.8 Å². The number of amides is 1. The summed E-state index contributed by atoms with van der Waals surface area (Å²) >= 11 is 0. The number of nitrogens with zero attached hydrogens (tertiary/aromatic N) is 1. The second-order valence-electron chi connectivity index (χ2n) is 5.14. The van der Waals surface area contributed by atoms with Crippen molar-refractivity contribution in [2.24, 2.45) is 11.7 Å². The lowest BCUT2D eigenvalue weighted by Crippen LogP contribution is -2.29. The maximum Gasteiger partial charge on any atom is 0.219 e. The molecule has 1 amide bonds. The fourth-order valence-electron chi connectivity index (χ4n) is 2.88. The maximum absolute atomic E-state index is 11.8. The predicted octanol–water partition coefficient (Wildman–Crippen LogP) is 1.95. The summed E-state index contributed by atoms with van der Waals surface area (Å²) in [6, 6.07) is 8.14. The highest BCUT2D eigenvalue weighted by Gasteiger charge is 2.34. The zero-order chi connectivity index (χ0) is 13.8. The van der Waals surface area contributed by atoms with Crippen molar-refractivity contribution < 1.29 is 9.53 Å². The molecule has 1 fully saturated rings. The van der Waals surface area contributed by atoms with E-state index in [0.29, 0.717) is 12.5 Å². The Balaban J connectivity index is 2.22. The molecule has 1 aromatic carbocycles. The van der Waals surface area contributed by atoms with Crippen molar-refractivity contribution in [3.63, 3.8) is 0 Å². The first-order valence-electron chi connectivity index (χ1n) is 6.77. The molecule has 4 heteroatoms. The smallest absolute Gasteiger partial charge is 0.219 e. The Morgan fingerprint density at radius 3 is 2.95 bits per heavy atom. The summed E-state index contributed by atoms with van der Waals surface area (Å²) in [4.78, 5) is 13.8. The number of methoxy groups -OCH3 is 1. The third kappa shape index (κ3) is 3.07. The number of rotatable bonds is 4. The van der Waals surface area contributed by atoms with E-state index in [-0.39, 0.29) is 11.9 Å². The highest BCUT2D eigenvalue weighted by atomic mass is 16.5. The van der Waals surface area contributed by atoms with E-state index < -0.39 is 0 Å². The molecule has 1 heterocycles. The van der Waals surface area contributed by atoms with E-state index in [9.17, 15) is 4.79 Å². The molecule has 0 spiro atoms. The van der Waals surface area contributed by atoms with Gasteiger partial charge < -0.3 is 15.4 Å². The molecule has 0 aliphatic carbocycles. The summed E-state index contributed by atoms with van der Waals surface area (Å²) in [5, 5.41) is 0. The van der Waals surface area contributed by atoms with Crippen LogP contribution in [0.5, 0.6) is 5.75 Å². The molecule has 0 bridgehead atoms. The standard InChI is InChI=1S/C15H22N2O2/c1-11(18)17-10-12(6-7-16)8-15(17)13-4-3-5-14(9-13)19-2/h3-5,9,12,15H,6-8,10,16H2,1-2H3. The molecule has 1 saturated heterocycles. The van der Waals surface area contributed by atoms with Crippen LogP contribution in [-0.4, -0.2) is 31.0 Å². The van der Waals surface area contributed by atoms with Gasteiger partial charge in [0.05, 0.1) is 13.2 Å². The lowest BCUT2D eigenvalue weighted by atomic mass is 9.97. The normalized spacial score (nSPS) is 22.6. The number of likely N-dealkylation sites (tertiary alicyclic amines) is 1. The van der Waals surface area contributed by atoms with Gasteiger partial charge in [-0.2, -0.15) is 0 Å². The Morgan fingerprint density at radius 1 is 1.53 bits per heavy atom. The Morgan fingerprint density at radius 2 is 2.32 bits per heavy atom. The molecule has 0 saturated carbocycles. The van der Waals surface area contributed by atoms with Crippen LogP contribution < -0.4 is 10.5 Å². The predicted molar refractivity (Wildman–Crippen MR) is 74.9 cm³/mol. The average Bonchev–Trinajstić information content (AvgIpc) is 2.83. The molecule has 1 aromatic rings. The zero-order valence-corrected chi connectivity index (χ0v) is 11.6. The lowest BCUT2D eigenvalue weighted by Gasteiger charge is -2.23. The summed E-state index contributed by atoms with van der Waals surface area (Å²) in [6.07, 6.45) is 1.97. The van der Waals surface area contributed by atoms with Crippen LogP contribution in [0.15, 0.2) is 24.3 Å². The minimum atomic E-state index is 0.132. The molecule has 2 unspecified atom stereocenters. The third-order valence-electron chi connectivity index (χ3n) is 3.85. The lowest BCUT2D eigenvalue weighted by molar-refractivity contribution is -0.129. The fraction of sp³-hybridized carbons (Fsp3) is 0.533. The quantitative estimate of drug-likeness (QED) is 0.902. The van der Waals surface area contributed by atoms with Crippen LogP contribution >= 0.6 is 0 Å². The van der Waals surface area contributed by atoms with Crippen LogP contribution in [-0.2, 0) is 4.79 Å². The molecule has 2 N–H and O–H groups in total. The van der Waals surface area contributed by atoms with E-state index in [1.165, 1.54) is 0 Å². The first kappa shape index (κ1) is 13.9. The molecule has 1 aliphatic heterocycles. The largest absolute Gasteiger partial charge is 0.497 e. The number of carbonyl (C=O) groups is 1. The van der Waals surface area contributed by atoms with Crippen LogP contribution in [0.3, 0.4) is 0 Å². The first-order chi connectivity index (χ1) is 9.15. The van der Waals surface area contributed by atoms with E-state index in [4.69, 9.17) is 10.5 Å². The van der Waals surface area contributed by atoms with Crippen LogP contribution in [0.25, 0.3) is 0 Å². The summed E-state index contributed by atoms with van der Waals surface area (Å²) < 4.78 is 5.26. The van der Waals surface area contributed by atoms with Gasteiger partial charge in [-0.3, -0.25) is 4.79 Å². The van der Waals surface area contributed by atoms with Crippen LogP contribution in [0.2, 0.25) is 0 Å². The fourth-order valence-corrected chi connectivity index (χ4v) is 2.88. The number of ether oxygens (including phenoxy) is 1. The summed E-state index contributed by atoms with van der Waals surface area (Å²) in [7, 11) is 1.66. The molecule has 2 rings (SSSR count). The Hall–Kier alpha value is -1.55. The number of carbonyl (C=O) groups excluding carboxylic acids is 1. The van der Waals surface area contributed by atoms with Gasteiger partial charge in [-0.25, -0.2) is 0 Å². The van der Waals surface area contributed by atoms with Crippen molar-refractivity contribution >= 4 is 5.91 Å². The van der Waals surface area contributed by atoms with Crippen molar-refractivity contribution in [1.29, 1.82) is 0 Å². The molecule has 0 radical (unpaired) electrons. The maximum atomic E-state index is 11.8. The monoisotopic (exact) mass is 262 g/mol. The number of benzene rings is 1. The molecule has 1 aliphatic rings. The minimum absolute atomic E-state index is 0.132. The van der Waals surface area contributed by atoms with Gasteiger partial charge in [0.15, 0.2) is 0 Å². The van der Waals surface area contributed by atoms with Crippen molar-refractivity contribution in [2.45, 2.75) is 25.8 Å². The van der Waals surface area contributed by atoms with Gasteiger partial charge in [-0.05, 0) is 43.0 Å². The van der Waals surface area contributed by atoms with Gasteiger partial charge in [-0.15, -0.1) is 0 Å². The number of hydrogen-bond acceptors (Lipinski definition) is 3. The van der Waals surface area contributed by atoms with Gasteiger partial charge in [0.2, 0.25) is 5.91 Å². The van der Waals surface area contributed by atoms with Crippen LogP contribution in [0.1, 0.15) is 31.4 Å². The Bertz CT molecular complexity index is 448. The second-order valence-corrected chi connectivity index (χ2v) is 5.14. The zero-order valence-electron chi connectivity index (χ0n) is 11.6. The molecule has 0 aromatic heterocycles. The van der Waals surface area contributed by atoms with E-state index >= 15 is 0 Å². The van der Waals surface area contributed by atoms with E-state index in [2.05, 4.69) is 6.07 Å². The molecular weight excluding hydrogens is 240 g/mol. The molecule has 2 atom stereocenters. The van der Waals surface area contributed by atoms with E-state index in [0.717, 1.165) is 30.7 Å². The molecule has 19 heavy (non-hydrogen) atoms. The van der Waals surface area contributed by atoms with E-state index in [1.807, 2.05) is 23.1 Å². The summed E-state index contributed by atoms with van der Waals surface area (Å²) in [6.45, 7) is 3.13. The van der Waals surface area contributed by atoms with Gasteiger partial charge in [-0.1, -0.05) is 12.1 Å². The van der Waals surface area contributed by atoms with Crippen molar-refractivity contribution in [2.75, 3.05) is 20.2 Å². The van der Waals surface area contributed by atoms with Crippen molar-refractivity contribution in [1.82, 2.24) is 4.90 Å². The van der Waals surface area contributed by atoms with E-state index in [1.54, 1.807) is 14.0 Å². The second kappa shape index (κ2) is 6.06. The minimum Gasteiger partial charge on any atom is -0.497 e. The highest BCUT2D eigenvalue weighted by Crippen LogP contribution is 2.37. The van der Waals surface area contributed by atoms with Crippen molar-refractivity contribution in [3.8, 4) is 5.75 Å². The Kier molecular flexibility index (Phi) is 4.43. The number of nitrogens with two attached hydrogens (primary N) is 1. The SMILES string of the molecule is COc1cccc(C2CC(CCN)CN2C(C)=O)c1. The van der Waals surface area contributed by atoms with Gasteiger partial charge in [0.1, 0.15) is 5.75 Å². The first-order valence-corrected chi connectivity index (χ1v) is 6.77.